The Kier molecular flexibility index (Phi) is 3.04. The SMILES string of the molecule is Brc1cc(Br)cc(-c2[c]cccc2)c1. The number of rotatable bonds is 1. The lowest BCUT2D eigenvalue weighted by molar-refractivity contribution is 1.56. The van der Waals surface area contributed by atoms with Crippen LogP contribution in [-0.4, -0.2) is 0 Å². The minimum absolute atomic E-state index is 1.07. The van der Waals surface area contributed by atoms with Gasteiger partial charge in [0.15, 0.2) is 0 Å². The van der Waals surface area contributed by atoms with Crippen LogP contribution >= 0.6 is 31.9 Å². The molecule has 0 saturated carbocycles. The van der Waals surface area contributed by atoms with E-state index in [1.807, 2.05) is 30.3 Å². The highest BCUT2D eigenvalue weighted by atomic mass is 79.9. The molecular weight excluding hydrogens is 304 g/mol. The molecule has 14 heavy (non-hydrogen) atoms. The quantitative estimate of drug-likeness (QED) is 0.717. The van der Waals surface area contributed by atoms with Gasteiger partial charge in [0.25, 0.3) is 0 Å². The van der Waals surface area contributed by atoms with Gasteiger partial charge in [0, 0.05) is 8.95 Å². The molecule has 0 amide bonds. The van der Waals surface area contributed by atoms with Crippen LogP contribution in [0.15, 0.2) is 51.4 Å². The molecule has 0 saturated heterocycles. The van der Waals surface area contributed by atoms with E-state index in [0.29, 0.717) is 0 Å². The summed E-state index contributed by atoms with van der Waals surface area (Å²) in [5.41, 5.74) is 2.27. The van der Waals surface area contributed by atoms with Gasteiger partial charge in [-0.15, -0.1) is 0 Å². The van der Waals surface area contributed by atoms with Crippen molar-refractivity contribution in [3.63, 3.8) is 0 Å². The van der Waals surface area contributed by atoms with Crippen LogP contribution in [0.3, 0.4) is 0 Å². The van der Waals surface area contributed by atoms with Gasteiger partial charge in [0.1, 0.15) is 0 Å². The van der Waals surface area contributed by atoms with Crippen molar-refractivity contribution in [1.82, 2.24) is 0 Å². The van der Waals surface area contributed by atoms with Gasteiger partial charge in [0.05, 0.1) is 0 Å². The molecule has 2 heteroatoms. The molecule has 0 N–H and O–H groups in total. The lowest BCUT2D eigenvalue weighted by Crippen LogP contribution is -1.78. The Bertz CT molecular complexity index is 415. The summed E-state index contributed by atoms with van der Waals surface area (Å²) >= 11 is 6.93. The molecule has 2 rings (SSSR count). The highest BCUT2D eigenvalue weighted by Gasteiger charge is 1.99. The standard InChI is InChI=1S/C12H7Br2/c13-11-6-10(7-12(14)8-11)9-4-2-1-3-5-9/h1-4,6-8H. The molecule has 1 radical (unpaired) electrons. The van der Waals surface area contributed by atoms with Crippen molar-refractivity contribution < 1.29 is 0 Å². The molecule has 0 fully saturated rings. The molecule has 0 aliphatic rings. The van der Waals surface area contributed by atoms with Crippen molar-refractivity contribution >= 4 is 31.9 Å². The molecule has 0 atom stereocenters. The van der Waals surface area contributed by atoms with E-state index in [9.17, 15) is 0 Å². The largest absolute Gasteiger partial charge is 0.0616 e. The molecule has 69 valence electrons. The molecule has 0 aliphatic carbocycles. The Morgan fingerprint density at radius 3 is 2.21 bits per heavy atom. The van der Waals surface area contributed by atoms with Crippen molar-refractivity contribution in [2.24, 2.45) is 0 Å². The van der Waals surface area contributed by atoms with Crippen LogP contribution in [0.5, 0.6) is 0 Å². The average molecular weight is 311 g/mol. The summed E-state index contributed by atoms with van der Waals surface area (Å²) in [4.78, 5) is 0. The fraction of sp³-hybridized carbons (Fsp3) is 0. The van der Waals surface area contributed by atoms with E-state index in [1.165, 1.54) is 0 Å². The Morgan fingerprint density at radius 2 is 1.64 bits per heavy atom. The molecular formula is C12H7Br2. The third kappa shape index (κ3) is 2.25. The van der Waals surface area contributed by atoms with Crippen LogP contribution in [0.4, 0.5) is 0 Å². The first kappa shape index (κ1) is 9.94. The maximum Gasteiger partial charge on any atom is 0.0192 e. The smallest absolute Gasteiger partial charge is 0.0192 e. The monoisotopic (exact) mass is 309 g/mol. The molecule has 0 aliphatic heterocycles. The molecule has 0 aromatic heterocycles. The van der Waals surface area contributed by atoms with Gasteiger partial charge >= 0.3 is 0 Å². The van der Waals surface area contributed by atoms with Gasteiger partial charge < -0.3 is 0 Å². The summed E-state index contributed by atoms with van der Waals surface area (Å²) in [6.07, 6.45) is 0. The molecule has 2 aromatic carbocycles. The fourth-order valence-electron chi connectivity index (χ4n) is 1.28. The van der Waals surface area contributed by atoms with Crippen LogP contribution in [0.25, 0.3) is 11.1 Å². The molecule has 0 heterocycles. The topological polar surface area (TPSA) is 0 Å². The van der Waals surface area contributed by atoms with E-state index >= 15 is 0 Å². The van der Waals surface area contributed by atoms with E-state index in [0.717, 1.165) is 20.1 Å². The molecule has 0 unspecified atom stereocenters. The Morgan fingerprint density at radius 1 is 0.929 bits per heavy atom. The zero-order valence-corrected chi connectivity index (χ0v) is 10.5. The van der Waals surface area contributed by atoms with Crippen LogP contribution < -0.4 is 0 Å². The molecule has 0 bridgehead atoms. The van der Waals surface area contributed by atoms with Crippen molar-refractivity contribution in [3.8, 4) is 11.1 Å². The number of halogens is 2. The minimum atomic E-state index is 1.07. The maximum atomic E-state index is 3.47. The average Bonchev–Trinajstić information content (AvgIpc) is 2.18. The first-order valence-electron chi connectivity index (χ1n) is 4.19. The minimum Gasteiger partial charge on any atom is -0.0616 e. The van der Waals surface area contributed by atoms with Gasteiger partial charge in [-0.1, -0.05) is 56.1 Å². The van der Waals surface area contributed by atoms with E-state index in [2.05, 4.69) is 50.1 Å². The van der Waals surface area contributed by atoms with Crippen LogP contribution in [0.1, 0.15) is 0 Å². The summed E-state index contributed by atoms with van der Waals surface area (Å²) in [6.45, 7) is 0. The van der Waals surface area contributed by atoms with Gasteiger partial charge in [-0.25, -0.2) is 0 Å². The fourth-order valence-corrected chi connectivity index (χ4v) is 2.58. The van der Waals surface area contributed by atoms with Crippen molar-refractivity contribution in [2.75, 3.05) is 0 Å². The summed E-state index contributed by atoms with van der Waals surface area (Å²) in [6, 6.07) is 17.3. The van der Waals surface area contributed by atoms with Crippen LogP contribution in [0.2, 0.25) is 0 Å². The zero-order valence-electron chi connectivity index (χ0n) is 7.30. The Hall–Kier alpha value is -0.600. The van der Waals surface area contributed by atoms with Gasteiger partial charge in [-0.05, 0) is 35.4 Å². The first-order valence-corrected chi connectivity index (χ1v) is 5.77. The zero-order chi connectivity index (χ0) is 9.97. The van der Waals surface area contributed by atoms with Crippen LogP contribution in [0, 0.1) is 6.07 Å². The first-order chi connectivity index (χ1) is 6.75. The normalized spacial score (nSPS) is 10.1. The van der Waals surface area contributed by atoms with Crippen molar-refractivity contribution in [1.29, 1.82) is 0 Å². The summed E-state index contributed by atoms with van der Waals surface area (Å²) in [7, 11) is 0. The van der Waals surface area contributed by atoms with E-state index in [-0.39, 0.29) is 0 Å². The highest BCUT2D eigenvalue weighted by Crippen LogP contribution is 2.26. The summed E-state index contributed by atoms with van der Waals surface area (Å²) < 4.78 is 2.14. The maximum absolute atomic E-state index is 3.47. The second kappa shape index (κ2) is 4.28. The number of hydrogen-bond donors (Lipinski definition) is 0. The molecule has 2 aromatic rings. The lowest BCUT2D eigenvalue weighted by Gasteiger charge is -2.02. The third-order valence-electron chi connectivity index (χ3n) is 1.88. The van der Waals surface area contributed by atoms with Crippen LogP contribution in [-0.2, 0) is 0 Å². The van der Waals surface area contributed by atoms with Crippen molar-refractivity contribution in [3.05, 3.63) is 57.5 Å². The van der Waals surface area contributed by atoms with E-state index < -0.39 is 0 Å². The predicted octanol–water partition coefficient (Wildman–Crippen LogP) is 4.68. The second-order valence-electron chi connectivity index (χ2n) is 2.93. The van der Waals surface area contributed by atoms with Gasteiger partial charge in [-0.2, -0.15) is 0 Å². The summed E-state index contributed by atoms with van der Waals surface area (Å²) in [5.74, 6) is 0. The second-order valence-corrected chi connectivity index (χ2v) is 4.77. The Balaban J connectivity index is 2.52. The summed E-state index contributed by atoms with van der Waals surface area (Å²) in [5, 5.41) is 0. The third-order valence-corrected chi connectivity index (χ3v) is 2.80. The predicted molar refractivity (Wildman–Crippen MR) is 66.1 cm³/mol. The number of benzene rings is 2. The van der Waals surface area contributed by atoms with Gasteiger partial charge in [0.2, 0.25) is 0 Å². The van der Waals surface area contributed by atoms with Crippen molar-refractivity contribution in [2.45, 2.75) is 0 Å². The Labute approximate surface area is 100 Å². The van der Waals surface area contributed by atoms with E-state index in [4.69, 9.17) is 0 Å². The number of hydrogen-bond acceptors (Lipinski definition) is 0. The lowest BCUT2D eigenvalue weighted by atomic mass is 10.1. The highest BCUT2D eigenvalue weighted by molar-refractivity contribution is 9.11. The van der Waals surface area contributed by atoms with E-state index in [1.54, 1.807) is 0 Å². The molecule has 0 nitrogen and oxygen atoms in total. The molecule has 0 spiro atoms. The van der Waals surface area contributed by atoms with Gasteiger partial charge in [-0.3, -0.25) is 0 Å².